The van der Waals surface area contributed by atoms with Gasteiger partial charge in [0.1, 0.15) is 23.4 Å². The molecule has 4 rings (SSSR count). The number of carbonyl (C=O) groups is 1. The van der Waals surface area contributed by atoms with Gasteiger partial charge >= 0.3 is 0 Å². The summed E-state index contributed by atoms with van der Waals surface area (Å²) >= 11 is 0. The predicted molar refractivity (Wildman–Crippen MR) is 118 cm³/mol. The van der Waals surface area contributed by atoms with E-state index in [1.165, 1.54) is 12.1 Å². The average molecular weight is 423 g/mol. The summed E-state index contributed by atoms with van der Waals surface area (Å²) in [5.74, 6) is 1.39. The highest BCUT2D eigenvalue weighted by atomic mass is 19.1. The van der Waals surface area contributed by atoms with E-state index in [9.17, 15) is 9.18 Å². The van der Waals surface area contributed by atoms with Gasteiger partial charge in [-0.1, -0.05) is 25.5 Å². The Kier molecular flexibility index (Phi) is 5.97. The SMILES string of the molecule is CCC[C@H]1C(=O)N(C)c2cnc(CCc3cnn(Cc4ccc(F)cc4)c3)nc2N1C. The lowest BCUT2D eigenvalue weighted by molar-refractivity contribution is -0.120. The predicted octanol–water partition coefficient (Wildman–Crippen LogP) is 3.23. The van der Waals surface area contributed by atoms with Crippen molar-refractivity contribution < 1.29 is 9.18 Å². The summed E-state index contributed by atoms with van der Waals surface area (Å²) in [5, 5.41) is 4.41. The maximum absolute atomic E-state index is 13.1. The highest BCUT2D eigenvalue weighted by Crippen LogP contribution is 2.33. The smallest absolute Gasteiger partial charge is 0.249 e. The van der Waals surface area contributed by atoms with Crippen LogP contribution in [0, 0.1) is 5.82 Å². The van der Waals surface area contributed by atoms with Crippen LogP contribution >= 0.6 is 0 Å². The van der Waals surface area contributed by atoms with Crippen molar-refractivity contribution >= 4 is 17.4 Å². The summed E-state index contributed by atoms with van der Waals surface area (Å²) in [6.45, 7) is 2.68. The van der Waals surface area contributed by atoms with Gasteiger partial charge in [0, 0.05) is 26.7 Å². The van der Waals surface area contributed by atoms with Crippen LogP contribution in [0.15, 0.2) is 42.9 Å². The van der Waals surface area contributed by atoms with Gasteiger partial charge in [0.15, 0.2) is 5.82 Å². The van der Waals surface area contributed by atoms with Crippen molar-refractivity contribution in [3.8, 4) is 0 Å². The van der Waals surface area contributed by atoms with Crippen molar-refractivity contribution in [2.24, 2.45) is 0 Å². The highest BCUT2D eigenvalue weighted by Gasteiger charge is 2.35. The van der Waals surface area contributed by atoms with E-state index in [-0.39, 0.29) is 17.8 Å². The van der Waals surface area contributed by atoms with Crippen molar-refractivity contribution in [2.75, 3.05) is 23.9 Å². The Labute approximate surface area is 181 Å². The van der Waals surface area contributed by atoms with Gasteiger partial charge in [0.05, 0.1) is 18.9 Å². The molecule has 1 aliphatic rings. The van der Waals surface area contributed by atoms with Gasteiger partial charge in [-0.2, -0.15) is 5.10 Å². The normalized spacial score (nSPS) is 16.0. The summed E-state index contributed by atoms with van der Waals surface area (Å²) in [5.41, 5.74) is 2.83. The van der Waals surface area contributed by atoms with E-state index in [2.05, 4.69) is 17.0 Å². The van der Waals surface area contributed by atoms with Gasteiger partial charge in [-0.05, 0) is 36.1 Å². The highest BCUT2D eigenvalue weighted by molar-refractivity contribution is 6.04. The van der Waals surface area contributed by atoms with Crippen molar-refractivity contribution in [1.29, 1.82) is 0 Å². The zero-order chi connectivity index (χ0) is 22.0. The third kappa shape index (κ3) is 4.42. The van der Waals surface area contributed by atoms with Gasteiger partial charge in [0.2, 0.25) is 5.91 Å². The fourth-order valence-corrected chi connectivity index (χ4v) is 3.92. The number of rotatable bonds is 7. The van der Waals surface area contributed by atoms with Crippen LogP contribution in [0.5, 0.6) is 0 Å². The third-order valence-electron chi connectivity index (χ3n) is 5.72. The minimum atomic E-state index is -0.239. The molecule has 8 heteroatoms. The third-order valence-corrected chi connectivity index (χ3v) is 5.72. The van der Waals surface area contributed by atoms with Gasteiger partial charge in [-0.15, -0.1) is 0 Å². The van der Waals surface area contributed by atoms with Crippen LogP contribution in [0.25, 0.3) is 0 Å². The Hall–Kier alpha value is -3.29. The average Bonchev–Trinajstić information content (AvgIpc) is 3.22. The van der Waals surface area contributed by atoms with Crippen molar-refractivity contribution in [2.45, 2.75) is 45.2 Å². The zero-order valence-electron chi connectivity index (χ0n) is 18.1. The number of fused-ring (bicyclic) bond motifs is 1. The molecule has 162 valence electrons. The van der Waals surface area contributed by atoms with E-state index in [4.69, 9.17) is 4.98 Å². The fraction of sp³-hybridized carbons (Fsp3) is 0.391. The Morgan fingerprint density at radius 3 is 2.58 bits per heavy atom. The van der Waals surface area contributed by atoms with Gasteiger partial charge in [-0.25, -0.2) is 14.4 Å². The number of nitrogens with zero attached hydrogens (tertiary/aromatic N) is 6. The molecule has 3 heterocycles. The summed E-state index contributed by atoms with van der Waals surface area (Å²) in [4.78, 5) is 25.5. The van der Waals surface area contributed by atoms with Crippen LogP contribution < -0.4 is 9.80 Å². The monoisotopic (exact) mass is 422 g/mol. The van der Waals surface area contributed by atoms with Crippen LogP contribution in [-0.4, -0.2) is 45.8 Å². The molecule has 0 fully saturated rings. The second-order valence-corrected chi connectivity index (χ2v) is 7.98. The van der Waals surface area contributed by atoms with E-state index in [1.807, 2.05) is 29.0 Å². The lowest BCUT2D eigenvalue weighted by atomic mass is 10.1. The molecule has 0 N–H and O–H groups in total. The molecule has 0 aliphatic carbocycles. The standard InChI is InChI=1S/C23H27FN6O/c1-4-5-19-23(31)29(3)20-13-25-21(27-22(20)28(19)2)11-8-17-12-26-30(15-17)14-16-6-9-18(24)10-7-16/h6-7,9-10,12-13,15,19H,4-5,8,11,14H2,1-3H3/t19-/m0/s1. The fourth-order valence-electron chi connectivity index (χ4n) is 3.92. The second-order valence-electron chi connectivity index (χ2n) is 7.98. The molecule has 7 nitrogen and oxygen atoms in total. The number of amides is 1. The van der Waals surface area contributed by atoms with Gasteiger partial charge < -0.3 is 9.80 Å². The Morgan fingerprint density at radius 2 is 1.84 bits per heavy atom. The lowest BCUT2D eigenvalue weighted by Gasteiger charge is -2.38. The summed E-state index contributed by atoms with van der Waals surface area (Å²) < 4.78 is 14.9. The molecule has 1 aromatic carbocycles. The van der Waals surface area contributed by atoms with Crippen LogP contribution in [0.4, 0.5) is 15.9 Å². The van der Waals surface area contributed by atoms with E-state index in [1.54, 1.807) is 30.3 Å². The number of aromatic nitrogens is 4. The Balaban J connectivity index is 1.44. The van der Waals surface area contributed by atoms with Gasteiger partial charge in [-0.3, -0.25) is 9.48 Å². The van der Waals surface area contributed by atoms with Crippen LogP contribution in [0.3, 0.4) is 0 Å². The van der Waals surface area contributed by atoms with Gasteiger partial charge in [0.25, 0.3) is 0 Å². The Morgan fingerprint density at radius 1 is 1.06 bits per heavy atom. The number of hydrogen-bond donors (Lipinski definition) is 0. The number of halogens is 1. The van der Waals surface area contributed by atoms with E-state index in [0.29, 0.717) is 13.0 Å². The molecule has 0 saturated carbocycles. The molecule has 0 bridgehead atoms. The number of likely N-dealkylation sites (N-methyl/N-ethyl adjacent to an activating group) is 2. The summed E-state index contributed by atoms with van der Waals surface area (Å²) in [7, 11) is 3.72. The van der Waals surface area contributed by atoms with Crippen molar-refractivity contribution in [3.63, 3.8) is 0 Å². The van der Waals surface area contributed by atoms with Crippen molar-refractivity contribution in [3.05, 3.63) is 65.6 Å². The molecule has 1 atom stereocenters. The first-order chi connectivity index (χ1) is 15.0. The topological polar surface area (TPSA) is 67.2 Å². The second kappa shape index (κ2) is 8.83. The maximum Gasteiger partial charge on any atom is 0.249 e. The quantitative estimate of drug-likeness (QED) is 0.585. The van der Waals surface area contributed by atoms with E-state index in [0.717, 1.165) is 47.7 Å². The van der Waals surface area contributed by atoms with Crippen LogP contribution in [0.1, 0.15) is 36.7 Å². The van der Waals surface area contributed by atoms with Crippen LogP contribution in [-0.2, 0) is 24.2 Å². The number of aryl methyl sites for hydroxylation is 2. The largest absolute Gasteiger partial charge is 0.346 e. The number of carbonyl (C=O) groups excluding carboxylic acids is 1. The molecular formula is C23H27FN6O. The minimum Gasteiger partial charge on any atom is -0.346 e. The molecule has 1 amide bonds. The molecule has 2 aromatic heterocycles. The molecule has 3 aromatic rings. The van der Waals surface area contributed by atoms with Crippen LogP contribution in [0.2, 0.25) is 0 Å². The first-order valence-electron chi connectivity index (χ1n) is 10.6. The first-order valence-corrected chi connectivity index (χ1v) is 10.6. The molecule has 0 saturated heterocycles. The Bertz CT molecular complexity index is 1060. The summed E-state index contributed by atoms with van der Waals surface area (Å²) in [6, 6.07) is 6.26. The zero-order valence-corrected chi connectivity index (χ0v) is 18.1. The molecule has 0 spiro atoms. The number of hydrogen-bond acceptors (Lipinski definition) is 5. The van der Waals surface area contributed by atoms with Crippen molar-refractivity contribution in [1.82, 2.24) is 19.7 Å². The number of anilines is 2. The lowest BCUT2D eigenvalue weighted by Crippen LogP contribution is -2.51. The maximum atomic E-state index is 13.1. The number of benzene rings is 1. The first kappa shape index (κ1) is 21.0. The molecule has 0 unspecified atom stereocenters. The molecular weight excluding hydrogens is 395 g/mol. The molecule has 1 aliphatic heterocycles. The summed E-state index contributed by atoms with van der Waals surface area (Å²) in [6.07, 6.45) is 8.76. The van der Waals surface area contributed by atoms with E-state index >= 15 is 0 Å². The molecule has 31 heavy (non-hydrogen) atoms. The molecule has 0 radical (unpaired) electrons. The van der Waals surface area contributed by atoms with E-state index < -0.39 is 0 Å². The minimum absolute atomic E-state index is 0.0850.